The number of thioether (sulfide) groups is 1. The zero-order valence-electron chi connectivity index (χ0n) is 13.2. The smallest absolute Gasteiger partial charge is 0.0946 e. The van der Waals surface area contributed by atoms with Crippen LogP contribution in [0.5, 0.6) is 0 Å². The molecule has 0 spiro atoms. The van der Waals surface area contributed by atoms with Gasteiger partial charge in [-0.25, -0.2) is 4.21 Å². The zero-order chi connectivity index (χ0) is 16.5. The summed E-state index contributed by atoms with van der Waals surface area (Å²) in [5.74, 6) is 0. The van der Waals surface area contributed by atoms with Crippen molar-refractivity contribution in [3.63, 3.8) is 0 Å². The van der Waals surface area contributed by atoms with E-state index < -0.39 is 10.8 Å². The average molecular weight is 355 g/mol. The number of rotatable bonds is 4. The molecule has 2 aliphatic heterocycles. The van der Waals surface area contributed by atoms with Crippen LogP contribution in [0, 0.1) is 0 Å². The molecule has 0 aliphatic carbocycles. The minimum Gasteiger partial charge on any atom is -0.288 e. The molecular formula is C18H17N3OS2. The van der Waals surface area contributed by atoms with Crippen molar-refractivity contribution in [1.29, 1.82) is 0 Å². The molecule has 2 unspecified atom stereocenters. The van der Waals surface area contributed by atoms with Crippen LogP contribution in [0.2, 0.25) is 0 Å². The van der Waals surface area contributed by atoms with E-state index in [9.17, 15) is 4.21 Å². The first-order valence-electron chi connectivity index (χ1n) is 7.78. The lowest BCUT2D eigenvalue weighted by Crippen LogP contribution is -2.16. The number of H-pyrrole nitrogens is 1. The van der Waals surface area contributed by atoms with Gasteiger partial charge in [0.05, 0.1) is 31.7 Å². The molecule has 0 fully saturated rings. The summed E-state index contributed by atoms with van der Waals surface area (Å²) in [5.41, 5.74) is 4.31. The lowest BCUT2D eigenvalue weighted by Gasteiger charge is -2.20. The molecule has 0 radical (unpaired) electrons. The predicted octanol–water partition coefficient (Wildman–Crippen LogP) is 3.54. The number of aliphatic imine (C=N–C) groups is 1. The second kappa shape index (κ2) is 6.53. The maximum absolute atomic E-state index is 12.9. The van der Waals surface area contributed by atoms with Crippen LogP contribution in [0.15, 0.2) is 63.0 Å². The summed E-state index contributed by atoms with van der Waals surface area (Å²) in [6.45, 7) is 0. The number of aromatic amines is 1. The number of nitrogens with zero attached hydrogens (tertiary/aromatic N) is 2. The van der Waals surface area contributed by atoms with Gasteiger partial charge >= 0.3 is 0 Å². The number of hydrogen-bond donors (Lipinski definition) is 1. The Morgan fingerprint density at radius 2 is 2.12 bits per heavy atom. The number of aromatic nitrogens is 2. The largest absolute Gasteiger partial charge is 0.288 e. The van der Waals surface area contributed by atoms with Crippen LogP contribution < -0.4 is 0 Å². The van der Waals surface area contributed by atoms with Crippen LogP contribution in [-0.2, 0) is 17.2 Å². The molecule has 0 amide bonds. The van der Waals surface area contributed by atoms with Crippen LogP contribution in [0.25, 0.3) is 4.91 Å². The Bertz CT molecular complexity index is 867. The highest BCUT2D eigenvalue weighted by atomic mass is 32.2. The second-order valence-corrected chi connectivity index (χ2v) is 8.21. The highest BCUT2D eigenvalue weighted by molar-refractivity contribution is 8.19. The number of nitrogens with one attached hydrogen (secondary N) is 1. The first kappa shape index (κ1) is 15.6. The van der Waals surface area contributed by atoms with Crippen molar-refractivity contribution < 1.29 is 4.21 Å². The van der Waals surface area contributed by atoms with Crippen molar-refractivity contribution in [2.75, 3.05) is 6.26 Å². The zero-order valence-corrected chi connectivity index (χ0v) is 14.9. The molecule has 24 heavy (non-hydrogen) atoms. The van der Waals surface area contributed by atoms with Crippen molar-refractivity contribution in [1.82, 2.24) is 10.2 Å². The second-order valence-electron chi connectivity index (χ2n) is 5.78. The van der Waals surface area contributed by atoms with Crippen molar-refractivity contribution >= 4 is 33.7 Å². The Morgan fingerprint density at radius 1 is 1.29 bits per heavy atom. The van der Waals surface area contributed by atoms with Gasteiger partial charge in [0, 0.05) is 18.0 Å². The maximum atomic E-state index is 12.9. The van der Waals surface area contributed by atoms with E-state index in [1.165, 1.54) is 5.56 Å². The van der Waals surface area contributed by atoms with E-state index in [0.717, 1.165) is 38.8 Å². The highest BCUT2D eigenvalue weighted by Gasteiger charge is 2.34. The summed E-state index contributed by atoms with van der Waals surface area (Å²) in [5, 5.41) is 6.99. The van der Waals surface area contributed by atoms with E-state index in [-0.39, 0.29) is 6.04 Å². The van der Waals surface area contributed by atoms with E-state index in [2.05, 4.69) is 34.5 Å². The molecule has 1 N–H and O–H groups in total. The van der Waals surface area contributed by atoms with Gasteiger partial charge in [-0.1, -0.05) is 30.3 Å². The van der Waals surface area contributed by atoms with Crippen LogP contribution >= 0.6 is 11.8 Å². The fourth-order valence-electron chi connectivity index (χ4n) is 3.19. The first-order chi connectivity index (χ1) is 11.8. The van der Waals surface area contributed by atoms with Gasteiger partial charge in [-0.2, -0.15) is 5.10 Å². The molecule has 0 saturated carbocycles. The number of benzene rings is 1. The van der Waals surface area contributed by atoms with Crippen LogP contribution in [-0.4, -0.2) is 32.9 Å². The Kier molecular flexibility index (Phi) is 4.24. The normalized spacial score (nSPS) is 23.0. The fourth-order valence-corrected chi connectivity index (χ4v) is 5.74. The van der Waals surface area contributed by atoms with Gasteiger partial charge in [0.1, 0.15) is 0 Å². The van der Waals surface area contributed by atoms with Gasteiger partial charge in [-0.15, -0.1) is 11.8 Å². The van der Waals surface area contributed by atoms with Crippen molar-refractivity contribution in [3.05, 3.63) is 69.2 Å². The monoisotopic (exact) mass is 355 g/mol. The van der Waals surface area contributed by atoms with Gasteiger partial charge in [0.25, 0.3) is 0 Å². The van der Waals surface area contributed by atoms with E-state index in [1.54, 1.807) is 18.0 Å². The molecule has 0 bridgehead atoms. The molecule has 1 aromatic carbocycles. The summed E-state index contributed by atoms with van der Waals surface area (Å²) >= 11 is 1.54. The molecule has 4 nitrogen and oxygen atoms in total. The van der Waals surface area contributed by atoms with Crippen molar-refractivity contribution in [2.24, 2.45) is 4.99 Å². The Balaban J connectivity index is 1.71. The average Bonchev–Trinajstić information content (AvgIpc) is 3.20. The summed E-state index contributed by atoms with van der Waals surface area (Å²) in [6, 6.07) is 12.5. The third-order valence-corrected chi connectivity index (χ3v) is 7.21. The molecule has 1 aromatic heterocycles. The molecule has 2 atom stereocenters. The van der Waals surface area contributed by atoms with Crippen molar-refractivity contribution in [2.45, 2.75) is 18.9 Å². The first-order valence-corrected chi connectivity index (χ1v) is 10.2. The summed E-state index contributed by atoms with van der Waals surface area (Å²) in [7, 11) is -1.15. The molecule has 2 aromatic rings. The van der Waals surface area contributed by atoms with Gasteiger partial charge in [-0.05, 0) is 36.3 Å². The van der Waals surface area contributed by atoms with Crippen molar-refractivity contribution in [3.8, 4) is 0 Å². The van der Waals surface area contributed by atoms with Crippen LogP contribution in [0.1, 0.15) is 17.7 Å². The molecule has 4 rings (SSSR count). The quantitative estimate of drug-likeness (QED) is 0.912. The van der Waals surface area contributed by atoms with E-state index in [1.807, 2.05) is 24.6 Å². The summed E-state index contributed by atoms with van der Waals surface area (Å²) < 4.78 is 13.8. The van der Waals surface area contributed by atoms with Gasteiger partial charge in [0.15, 0.2) is 0 Å². The fraction of sp³-hybridized carbons (Fsp3) is 0.222. The topological polar surface area (TPSA) is 58.1 Å². The molecule has 122 valence electrons. The minimum absolute atomic E-state index is 0.183. The minimum atomic E-state index is -1.15. The van der Waals surface area contributed by atoms with Crippen LogP contribution in [0.4, 0.5) is 0 Å². The molecular weight excluding hydrogens is 338 g/mol. The molecule has 6 heteroatoms. The number of hydrogen-bond acceptors (Lipinski definition) is 4. The molecule has 0 saturated heterocycles. The van der Waals surface area contributed by atoms with Crippen LogP contribution in [0.3, 0.4) is 0 Å². The Morgan fingerprint density at radius 3 is 2.83 bits per heavy atom. The molecule has 2 aliphatic rings. The summed E-state index contributed by atoms with van der Waals surface area (Å²) in [4.78, 5) is 5.60. The third-order valence-electron chi connectivity index (χ3n) is 4.27. The van der Waals surface area contributed by atoms with Gasteiger partial charge < -0.3 is 0 Å². The lowest BCUT2D eigenvalue weighted by molar-refractivity contribution is 0.663. The van der Waals surface area contributed by atoms with E-state index >= 15 is 0 Å². The predicted molar refractivity (Wildman–Crippen MR) is 101 cm³/mol. The standard InChI is InChI=1S/C18H17N3OS2/c1-23-18-15-11-19-13(9-12-5-3-2-4-6-12)10-14(15)17(24(18)22)16-7-8-20-21-16/h2-8,11,13H,9-10H2,1H3,(H,20,21). The number of allylic oxidation sites excluding steroid dienone is 1. The Labute approximate surface area is 147 Å². The van der Waals surface area contributed by atoms with E-state index in [4.69, 9.17) is 4.99 Å². The molecule has 3 heterocycles. The maximum Gasteiger partial charge on any atom is 0.0946 e. The van der Waals surface area contributed by atoms with Gasteiger partial charge in [-0.3, -0.25) is 10.1 Å². The Hall–Kier alpha value is -1.92. The SMILES string of the molecule is CSC1=C2C=NC(Cc3ccccc3)CC2=C(c2ccn[nH]2)S1=O. The lowest BCUT2D eigenvalue weighted by atomic mass is 9.92. The van der Waals surface area contributed by atoms with Gasteiger partial charge in [0.2, 0.25) is 0 Å². The third kappa shape index (κ3) is 2.70. The van der Waals surface area contributed by atoms with E-state index in [0.29, 0.717) is 0 Å². The number of fused-ring (bicyclic) bond motifs is 1. The summed E-state index contributed by atoms with van der Waals surface area (Å²) in [6.07, 6.45) is 7.29. The highest BCUT2D eigenvalue weighted by Crippen LogP contribution is 2.45.